The molecule has 33 heavy (non-hydrogen) atoms. The number of likely N-dealkylation sites (tertiary alicyclic amines) is 1. The highest BCUT2D eigenvalue weighted by Crippen LogP contribution is 2.29. The molecule has 1 aliphatic rings. The van der Waals surface area contributed by atoms with Crippen molar-refractivity contribution in [3.8, 4) is 22.9 Å². The van der Waals surface area contributed by atoms with Crippen molar-refractivity contribution in [1.82, 2.24) is 9.80 Å². The van der Waals surface area contributed by atoms with E-state index in [1.165, 1.54) is 16.9 Å². The highest BCUT2D eigenvalue weighted by atomic mass is 16.5. The van der Waals surface area contributed by atoms with Crippen LogP contribution in [0.15, 0.2) is 48.5 Å². The number of carbonyl (C=O) groups is 3. The molecule has 0 bridgehead atoms. The first-order chi connectivity index (χ1) is 15.8. The van der Waals surface area contributed by atoms with Gasteiger partial charge in [0.2, 0.25) is 11.8 Å². The molecule has 172 valence electrons. The number of carbonyl (C=O) groups excluding carboxylic acids is 3. The van der Waals surface area contributed by atoms with E-state index in [2.05, 4.69) is 6.07 Å². The minimum absolute atomic E-state index is 0.0161. The first-order valence-corrected chi connectivity index (χ1v) is 10.6. The normalized spacial score (nSPS) is 17.4. The number of hydrogen-bond acceptors (Lipinski definition) is 6. The number of amides is 2. The van der Waals surface area contributed by atoms with E-state index in [-0.39, 0.29) is 37.4 Å². The van der Waals surface area contributed by atoms with Crippen LogP contribution >= 0.6 is 0 Å². The molecule has 0 radical (unpaired) electrons. The number of ether oxygens (including phenoxy) is 2. The SMILES string of the molecule is COC(=O)C[C@@H]1C[C@@H](COc2ccc(-c3ccc(C#N)cc3)cc2)N(CC(=O)N(C)C)C1=O. The average molecular weight is 450 g/mol. The van der Waals surface area contributed by atoms with Crippen LogP contribution in [0.3, 0.4) is 0 Å². The molecule has 1 saturated heterocycles. The van der Waals surface area contributed by atoms with Gasteiger partial charge in [-0.1, -0.05) is 24.3 Å². The molecule has 2 aromatic rings. The summed E-state index contributed by atoms with van der Waals surface area (Å²) in [6, 6.07) is 16.6. The Balaban J connectivity index is 1.67. The van der Waals surface area contributed by atoms with Gasteiger partial charge in [-0.25, -0.2) is 0 Å². The molecule has 2 amide bonds. The van der Waals surface area contributed by atoms with Gasteiger partial charge in [0, 0.05) is 14.1 Å². The maximum absolute atomic E-state index is 12.9. The summed E-state index contributed by atoms with van der Waals surface area (Å²) in [6.07, 6.45) is 0.399. The smallest absolute Gasteiger partial charge is 0.306 e. The van der Waals surface area contributed by atoms with Crippen molar-refractivity contribution in [3.05, 3.63) is 54.1 Å². The standard InChI is InChI=1S/C25H27N3O5/c1-27(2)23(29)15-28-21(12-20(25(28)31)13-24(30)32-3)16-33-22-10-8-19(9-11-22)18-6-4-17(14-26)5-7-18/h4-11,20-21H,12-13,15-16H2,1-3H3/t20-,21-/m0/s1. The van der Waals surface area contributed by atoms with E-state index in [0.29, 0.717) is 17.7 Å². The monoisotopic (exact) mass is 449 g/mol. The van der Waals surface area contributed by atoms with Gasteiger partial charge >= 0.3 is 5.97 Å². The lowest BCUT2D eigenvalue weighted by molar-refractivity contribution is -0.145. The van der Waals surface area contributed by atoms with Gasteiger partial charge in [0.25, 0.3) is 0 Å². The van der Waals surface area contributed by atoms with E-state index in [1.54, 1.807) is 26.2 Å². The molecular formula is C25H27N3O5. The average Bonchev–Trinajstić information content (AvgIpc) is 3.11. The summed E-state index contributed by atoms with van der Waals surface area (Å²) in [5.41, 5.74) is 2.58. The van der Waals surface area contributed by atoms with Crippen LogP contribution in [-0.2, 0) is 19.1 Å². The molecule has 1 heterocycles. The Morgan fingerprint density at radius 3 is 2.24 bits per heavy atom. The molecule has 0 N–H and O–H groups in total. The van der Waals surface area contributed by atoms with Crippen molar-refractivity contribution in [1.29, 1.82) is 5.26 Å². The summed E-state index contributed by atoms with van der Waals surface area (Å²) in [4.78, 5) is 39.7. The van der Waals surface area contributed by atoms with Crippen molar-refractivity contribution in [2.24, 2.45) is 5.92 Å². The van der Waals surface area contributed by atoms with Crippen molar-refractivity contribution in [2.45, 2.75) is 18.9 Å². The third-order valence-corrected chi connectivity index (χ3v) is 5.72. The van der Waals surface area contributed by atoms with Crippen molar-refractivity contribution < 1.29 is 23.9 Å². The van der Waals surface area contributed by atoms with E-state index >= 15 is 0 Å². The Bertz CT molecular complexity index is 1040. The molecule has 0 spiro atoms. The molecule has 8 heteroatoms. The summed E-state index contributed by atoms with van der Waals surface area (Å²) < 4.78 is 10.6. The van der Waals surface area contributed by atoms with Gasteiger partial charge < -0.3 is 19.3 Å². The highest BCUT2D eigenvalue weighted by molar-refractivity contribution is 5.89. The van der Waals surface area contributed by atoms with Crippen LogP contribution in [0.4, 0.5) is 0 Å². The number of esters is 1. The van der Waals surface area contributed by atoms with E-state index in [4.69, 9.17) is 14.7 Å². The number of rotatable bonds is 8. The zero-order chi connectivity index (χ0) is 24.0. The van der Waals surface area contributed by atoms with Gasteiger partial charge in [0.15, 0.2) is 0 Å². The molecule has 1 fully saturated rings. The molecule has 1 aliphatic heterocycles. The quantitative estimate of drug-likeness (QED) is 0.574. The Hall–Kier alpha value is -3.86. The summed E-state index contributed by atoms with van der Waals surface area (Å²) >= 11 is 0. The van der Waals surface area contributed by atoms with Gasteiger partial charge in [-0.15, -0.1) is 0 Å². The zero-order valence-electron chi connectivity index (χ0n) is 19.0. The fourth-order valence-corrected chi connectivity index (χ4v) is 3.75. The molecule has 2 atom stereocenters. The summed E-state index contributed by atoms with van der Waals surface area (Å²) in [7, 11) is 4.56. The zero-order valence-corrected chi connectivity index (χ0v) is 19.0. The van der Waals surface area contributed by atoms with E-state index < -0.39 is 11.9 Å². The van der Waals surface area contributed by atoms with Crippen LogP contribution in [0.5, 0.6) is 5.75 Å². The van der Waals surface area contributed by atoms with Crippen LogP contribution in [-0.4, -0.2) is 68.0 Å². The first-order valence-electron chi connectivity index (χ1n) is 10.6. The van der Waals surface area contributed by atoms with Crippen LogP contribution in [0.25, 0.3) is 11.1 Å². The third-order valence-electron chi connectivity index (χ3n) is 5.72. The van der Waals surface area contributed by atoms with E-state index in [1.807, 2.05) is 36.4 Å². The largest absolute Gasteiger partial charge is 0.491 e. The van der Waals surface area contributed by atoms with Gasteiger partial charge in [-0.3, -0.25) is 14.4 Å². The molecule has 0 unspecified atom stereocenters. The summed E-state index contributed by atoms with van der Waals surface area (Å²) in [5.74, 6) is -0.777. The first kappa shape index (κ1) is 23.8. The molecule has 3 rings (SSSR count). The van der Waals surface area contributed by atoms with Gasteiger partial charge in [-0.2, -0.15) is 5.26 Å². The van der Waals surface area contributed by atoms with Crippen LogP contribution in [0.1, 0.15) is 18.4 Å². The van der Waals surface area contributed by atoms with Crippen molar-refractivity contribution >= 4 is 17.8 Å². The van der Waals surface area contributed by atoms with Gasteiger partial charge in [0.05, 0.1) is 37.1 Å². The number of methoxy groups -OCH3 is 1. The maximum atomic E-state index is 12.9. The van der Waals surface area contributed by atoms with Gasteiger partial charge in [-0.05, 0) is 41.8 Å². The van der Waals surface area contributed by atoms with Crippen LogP contribution < -0.4 is 4.74 Å². The molecule has 0 aromatic heterocycles. The second kappa shape index (κ2) is 10.6. The lowest BCUT2D eigenvalue weighted by Crippen LogP contribution is -2.44. The summed E-state index contributed by atoms with van der Waals surface area (Å²) in [6.45, 7) is 0.148. The second-order valence-corrected chi connectivity index (χ2v) is 8.15. The van der Waals surface area contributed by atoms with Crippen LogP contribution in [0.2, 0.25) is 0 Å². The number of benzene rings is 2. The minimum atomic E-state index is -0.528. The molecule has 0 aliphatic carbocycles. The predicted octanol–water partition coefficient (Wildman–Crippen LogP) is 2.47. The molecule has 2 aromatic carbocycles. The fraction of sp³-hybridized carbons (Fsp3) is 0.360. The van der Waals surface area contributed by atoms with Crippen molar-refractivity contribution in [3.63, 3.8) is 0 Å². The maximum Gasteiger partial charge on any atom is 0.306 e. The molecular weight excluding hydrogens is 422 g/mol. The minimum Gasteiger partial charge on any atom is -0.491 e. The second-order valence-electron chi connectivity index (χ2n) is 8.15. The number of nitrogens with zero attached hydrogens (tertiary/aromatic N) is 3. The van der Waals surface area contributed by atoms with Crippen LogP contribution in [0, 0.1) is 17.2 Å². The predicted molar refractivity (Wildman–Crippen MR) is 121 cm³/mol. The fourth-order valence-electron chi connectivity index (χ4n) is 3.75. The Morgan fingerprint density at radius 1 is 1.09 bits per heavy atom. The molecule has 8 nitrogen and oxygen atoms in total. The highest BCUT2D eigenvalue weighted by Gasteiger charge is 2.41. The molecule has 0 saturated carbocycles. The Labute approximate surface area is 193 Å². The number of likely N-dealkylation sites (N-methyl/N-ethyl adjacent to an activating group) is 1. The Morgan fingerprint density at radius 2 is 1.70 bits per heavy atom. The van der Waals surface area contributed by atoms with E-state index in [0.717, 1.165) is 11.1 Å². The summed E-state index contributed by atoms with van der Waals surface area (Å²) in [5, 5.41) is 8.93. The lowest BCUT2D eigenvalue weighted by Gasteiger charge is -2.25. The number of hydrogen-bond donors (Lipinski definition) is 0. The Kier molecular flexibility index (Phi) is 7.67. The third kappa shape index (κ3) is 5.89. The number of nitriles is 1. The van der Waals surface area contributed by atoms with Gasteiger partial charge in [0.1, 0.15) is 18.9 Å². The lowest BCUT2D eigenvalue weighted by atomic mass is 10.0. The van der Waals surface area contributed by atoms with E-state index in [9.17, 15) is 14.4 Å². The van der Waals surface area contributed by atoms with Crippen molar-refractivity contribution in [2.75, 3.05) is 34.4 Å². The topological polar surface area (TPSA) is 99.9 Å².